The van der Waals surface area contributed by atoms with E-state index >= 15 is 0 Å². The Bertz CT molecular complexity index is 351. The molecule has 0 aromatic rings. The minimum Gasteiger partial charge on any atom is -0.416 e. The van der Waals surface area contributed by atoms with Crippen molar-refractivity contribution in [3.05, 3.63) is 21.6 Å². The summed E-state index contributed by atoms with van der Waals surface area (Å²) in [7, 11) is -1.66. The Labute approximate surface area is 123 Å². The van der Waals surface area contributed by atoms with Gasteiger partial charge in [-0.3, -0.25) is 0 Å². The van der Waals surface area contributed by atoms with Crippen LogP contribution in [0.5, 0.6) is 0 Å². The second-order valence-corrected chi connectivity index (χ2v) is 14.0. The van der Waals surface area contributed by atoms with E-state index < -0.39 is 8.32 Å². The molecule has 4 heteroatoms. The first-order valence-electron chi connectivity index (χ1n) is 5.86. The maximum absolute atomic E-state index is 6.28. The van der Waals surface area contributed by atoms with Crippen LogP contribution in [-0.2, 0) is 4.43 Å². The molecule has 0 radical (unpaired) electrons. The fourth-order valence-electron chi connectivity index (χ4n) is 1.42. The van der Waals surface area contributed by atoms with Gasteiger partial charge in [-0.15, -0.1) is 0 Å². The lowest BCUT2D eigenvalue weighted by atomic mass is 10.1. The lowest BCUT2D eigenvalue weighted by Gasteiger charge is -2.37. The zero-order chi connectivity index (χ0) is 13.5. The van der Waals surface area contributed by atoms with Gasteiger partial charge in [0.2, 0.25) is 0 Å². The summed E-state index contributed by atoms with van der Waals surface area (Å²) in [5.41, 5.74) is 1.34. The third-order valence-electron chi connectivity index (χ3n) is 3.99. The normalized spacial score (nSPS) is 24.8. The molecule has 0 heterocycles. The second kappa shape index (κ2) is 4.95. The van der Waals surface area contributed by atoms with Crippen molar-refractivity contribution < 1.29 is 4.43 Å². The van der Waals surface area contributed by atoms with E-state index in [-0.39, 0.29) is 10.5 Å². The van der Waals surface area contributed by atoms with Crippen molar-refractivity contribution in [3.8, 4) is 0 Å². The molecule has 0 bridgehead atoms. The van der Waals surface area contributed by atoms with Gasteiger partial charge in [-0.1, -0.05) is 39.0 Å². The lowest BCUT2D eigenvalue weighted by Crippen LogP contribution is -2.42. The van der Waals surface area contributed by atoms with Crippen LogP contribution in [0.15, 0.2) is 21.6 Å². The summed E-state index contributed by atoms with van der Waals surface area (Å²) < 4.78 is 7.27. The predicted molar refractivity (Wildman–Crippen MR) is 85.3 cm³/mol. The maximum atomic E-state index is 6.28. The van der Waals surface area contributed by atoms with E-state index in [4.69, 9.17) is 4.43 Å². The minimum atomic E-state index is -1.66. The van der Waals surface area contributed by atoms with Crippen molar-refractivity contribution >= 4 is 40.2 Å². The predicted octanol–water partition coefficient (Wildman–Crippen LogP) is 5.59. The molecule has 0 N–H and O–H groups in total. The molecule has 0 aliphatic heterocycles. The molecular weight excluding hydrogens is 360 g/mol. The van der Waals surface area contributed by atoms with Crippen LogP contribution in [0.2, 0.25) is 18.1 Å². The van der Waals surface area contributed by atoms with Crippen LogP contribution >= 0.6 is 31.9 Å². The molecule has 1 nitrogen and oxygen atoms in total. The summed E-state index contributed by atoms with van der Waals surface area (Å²) in [5.74, 6) is 0. The highest BCUT2D eigenvalue weighted by molar-refractivity contribution is 9.28. The van der Waals surface area contributed by atoms with E-state index in [0.29, 0.717) is 0 Å². The molecule has 98 valence electrons. The van der Waals surface area contributed by atoms with Gasteiger partial charge >= 0.3 is 0 Å². The van der Waals surface area contributed by atoms with Crippen LogP contribution in [0.1, 0.15) is 27.2 Å². The standard InChI is InChI=1S/C13H22Br2OSi/c1-10-7-13(10,8-11(14)15)9-16-17(5,6)12(2,3)4/h8H,1,7,9H2,2-6H3. The lowest BCUT2D eigenvalue weighted by molar-refractivity contribution is 0.247. The SMILES string of the molecule is C=C1CC1(C=C(Br)Br)CO[Si](C)(C)C(C)(C)C. The number of hydrogen-bond donors (Lipinski definition) is 0. The topological polar surface area (TPSA) is 9.23 Å². The molecule has 1 unspecified atom stereocenters. The molecule has 0 aromatic carbocycles. The zero-order valence-corrected chi connectivity index (χ0v) is 15.5. The van der Waals surface area contributed by atoms with E-state index in [1.807, 2.05) is 0 Å². The van der Waals surface area contributed by atoms with E-state index in [1.165, 1.54) is 5.57 Å². The van der Waals surface area contributed by atoms with E-state index in [2.05, 4.69) is 78.4 Å². The van der Waals surface area contributed by atoms with Crippen molar-refractivity contribution in [2.24, 2.45) is 5.41 Å². The first kappa shape index (κ1) is 15.7. The average molecular weight is 382 g/mol. The van der Waals surface area contributed by atoms with Crippen LogP contribution in [0.4, 0.5) is 0 Å². The molecule has 1 saturated carbocycles. The molecule has 1 aliphatic carbocycles. The van der Waals surface area contributed by atoms with Gasteiger partial charge in [-0.2, -0.15) is 0 Å². The van der Waals surface area contributed by atoms with Gasteiger partial charge in [0.1, 0.15) is 0 Å². The number of rotatable bonds is 4. The third kappa shape index (κ3) is 3.79. The molecule has 0 amide bonds. The highest BCUT2D eigenvalue weighted by atomic mass is 79.9. The van der Waals surface area contributed by atoms with E-state index in [1.54, 1.807) is 0 Å². The molecule has 0 saturated heterocycles. The first-order chi connectivity index (χ1) is 7.50. The molecule has 17 heavy (non-hydrogen) atoms. The van der Waals surface area contributed by atoms with Gasteiger partial charge in [-0.05, 0) is 56.4 Å². The third-order valence-corrected chi connectivity index (χ3v) is 8.93. The molecule has 1 rings (SSSR count). The van der Waals surface area contributed by atoms with Gasteiger partial charge in [0.05, 0.1) is 3.39 Å². The quantitative estimate of drug-likeness (QED) is 0.455. The summed E-state index contributed by atoms with van der Waals surface area (Å²) in [6, 6.07) is 0. The molecule has 1 atom stereocenters. The van der Waals surface area contributed by atoms with Crippen molar-refractivity contribution in [3.63, 3.8) is 0 Å². The van der Waals surface area contributed by atoms with Gasteiger partial charge in [0.25, 0.3) is 0 Å². The van der Waals surface area contributed by atoms with Crippen molar-refractivity contribution in [2.45, 2.75) is 45.3 Å². The van der Waals surface area contributed by atoms with Crippen molar-refractivity contribution in [1.82, 2.24) is 0 Å². The Morgan fingerprint density at radius 2 is 1.94 bits per heavy atom. The highest BCUT2D eigenvalue weighted by Gasteiger charge is 2.48. The smallest absolute Gasteiger partial charge is 0.192 e. The van der Waals surface area contributed by atoms with E-state index in [0.717, 1.165) is 16.4 Å². The Kier molecular flexibility index (Phi) is 4.56. The summed E-state index contributed by atoms with van der Waals surface area (Å²) in [6.45, 7) is 16.2. The van der Waals surface area contributed by atoms with Crippen LogP contribution in [0.25, 0.3) is 0 Å². The second-order valence-electron chi connectivity index (χ2n) is 6.42. The zero-order valence-electron chi connectivity index (χ0n) is 11.4. The van der Waals surface area contributed by atoms with Crippen LogP contribution in [0.3, 0.4) is 0 Å². The van der Waals surface area contributed by atoms with Gasteiger partial charge in [-0.25, -0.2) is 0 Å². The van der Waals surface area contributed by atoms with Gasteiger partial charge in [0, 0.05) is 12.0 Å². The first-order valence-corrected chi connectivity index (χ1v) is 10.4. The molecule has 1 fully saturated rings. The summed E-state index contributed by atoms with van der Waals surface area (Å²) >= 11 is 6.86. The average Bonchev–Trinajstić information content (AvgIpc) is 2.71. The van der Waals surface area contributed by atoms with Gasteiger partial charge < -0.3 is 4.43 Å². The van der Waals surface area contributed by atoms with Crippen molar-refractivity contribution in [1.29, 1.82) is 0 Å². The molecule has 0 spiro atoms. The largest absolute Gasteiger partial charge is 0.416 e. The van der Waals surface area contributed by atoms with E-state index in [9.17, 15) is 0 Å². The number of hydrogen-bond acceptors (Lipinski definition) is 1. The summed E-state index contributed by atoms with van der Waals surface area (Å²) in [5, 5.41) is 0.264. The monoisotopic (exact) mass is 380 g/mol. The Morgan fingerprint density at radius 3 is 2.24 bits per heavy atom. The van der Waals surface area contributed by atoms with Crippen LogP contribution < -0.4 is 0 Å². The number of halogens is 2. The fraction of sp³-hybridized carbons (Fsp3) is 0.692. The molecular formula is C13H22Br2OSi. The molecule has 1 aliphatic rings. The Balaban J connectivity index is 2.68. The molecule has 0 aromatic heterocycles. The van der Waals surface area contributed by atoms with Crippen molar-refractivity contribution in [2.75, 3.05) is 6.61 Å². The van der Waals surface area contributed by atoms with Gasteiger partial charge in [0.15, 0.2) is 8.32 Å². The highest BCUT2D eigenvalue weighted by Crippen LogP contribution is 2.54. The minimum absolute atomic E-state index is 0.0673. The Morgan fingerprint density at radius 1 is 1.47 bits per heavy atom. The maximum Gasteiger partial charge on any atom is 0.192 e. The summed E-state index contributed by atoms with van der Waals surface area (Å²) in [6.07, 6.45) is 3.21. The summed E-state index contributed by atoms with van der Waals surface area (Å²) in [4.78, 5) is 0. The van der Waals surface area contributed by atoms with Crippen LogP contribution in [-0.4, -0.2) is 14.9 Å². The Hall–Kier alpha value is 0.617. The fourth-order valence-corrected chi connectivity index (χ4v) is 3.35. The van der Waals surface area contributed by atoms with Crippen LogP contribution in [0, 0.1) is 5.41 Å².